The van der Waals surface area contributed by atoms with Crippen molar-refractivity contribution in [3.05, 3.63) is 28.8 Å². The zero-order valence-corrected chi connectivity index (χ0v) is 13.6. The Hall–Kier alpha value is -1.80. The highest BCUT2D eigenvalue weighted by Crippen LogP contribution is 2.36. The fraction of sp³-hybridized carbons (Fsp3) is 0.429. The topological polar surface area (TPSA) is 52.7 Å². The molecule has 0 unspecified atom stereocenters. The number of amides is 2. The van der Waals surface area contributed by atoms with Crippen LogP contribution in [0.4, 0.5) is 18.9 Å². The molecule has 0 saturated carbocycles. The maximum Gasteiger partial charge on any atom is 0.417 e. The lowest BCUT2D eigenvalue weighted by Crippen LogP contribution is -2.38. The molecule has 1 N–H and O–H groups in total. The Labute approximate surface area is 137 Å². The Balaban J connectivity index is 2.70. The normalized spacial score (nSPS) is 11.5. The smallest absolute Gasteiger partial charge is 0.348 e. The van der Waals surface area contributed by atoms with Crippen LogP contribution in [0.15, 0.2) is 18.2 Å². The van der Waals surface area contributed by atoms with Gasteiger partial charge in [-0.25, -0.2) is 0 Å². The van der Waals surface area contributed by atoms with Crippen LogP contribution in [0.25, 0.3) is 0 Å². The molecule has 0 heterocycles. The summed E-state index contributed by atoms with van der Waals surface area (Å²) in [5.41, 5.74) is -1.04. The van der Waals surface area contributed by atoms with Crippen LogP contribution in [-0.2, 0) is 15.8 Å². The van der Waals surface area contributed by atoms with Gasteiger partial charge in [0.05, 0.1) is 23.7 Å². The number of likely N-dealkylation sites (N-methyl/N-ethyl adjacent to an activating group) is 2. The lowest BCUT2D eigenvalue weighted by atomic mass is 10.2. The van der Waals surface area contributed by atoms with Crippen LogP contribution in [-0.4, -0.2) is 55.8 Å². The van der Waals surface area contributed by atoms with Gasteiger partial charge in [-0.3, -0.25) is 14.5 Å². The predicted molar refractivity (Wildman–Crippen MR) is 81.3 cm³/mol. The molecular weight excluding hydrogens is 335 g/mol. The van der Waals surface area contributed by atoms with E-state index in [1.54, 1.807) is 21.1 Å². The summed E-state index contributed by atoms with van der Waals surface area (Å²) < 4.78 is 38.2. The summed E-state index contributed by atoms with van der Waals surface area (Å²) in [6.07, 6.45) is -4.60. The Bertz CT molecular complexity index is 591. The molecule has 0 aliphatic carbocycles. The molecule has 0 bridgehead atoms. The SMILES string of the molecule is CN(CC(=O)Nc1ccc(Cl)c(C(F)(F)F)c1)CC(=O)N(C)C. The molecule has 0 aromatic heterocycles. The summed E-state index contributed by atoms with van der Waals surface area (Å²) in [5, 5.41) is 1.91. The molecule has 0 fully saturated rings. The van der Waals surface area contributed by atoms with Crippen LogP contribution in [0.5, 0.6) is 0 Å². The molecule has 0 spiro atoms. The van der Waals surface area contributed by atoms with Crippen molar-refractivity contribution in [1.82, 2.24) is 9.80 Å². The molecule has 1 aromatic carbocycles. The molecular formula is C14H17ClF3N3O2. The Morgan fingerprint density at radius 2 is 1.78 bits per heavy atom. The summed E-state index contributed by atoms with van der Waals surface area (Å²) in [6, 6.07) is 3.12. The van der Waals surface area contributed by atoms with E-state index in [-0.39, 0.29) is 24.7 Å². The first kappa shape index (κ1) is 19.2. The van der Waals surface area contributed by atoms with Crippen molar-refractivity contribution in [2.75, 3.05) is 39.5 Å². The second-order valence-electron chi connectivity index (χ2n) is 5.20. The maximum atomic E-state index is 12.7. The van der Waals surface area contributed by atoms with Gasteiger partial charge in [0.1, 0.15) is 0 Å². The molecule has 0 atom stereocenters. The van der Waals surface area contributed by atoms with Gasteiger partial charge in [0, 0.05) is 19.8 Å². The highest BCUT2D eigenvalue weighted by Gasteiger charge is 2.33. The van der Waals surface area contributed by atoms with E-state index in [0.29, 0.717) is 0 Å². The Morgan fingerprint density at radius 3 is 2.30 bits per heavy atom. The van der Waals surface area contributed by atoms with E-state index in [1.807, 2.05) is 0 Å². The third-order valence-electron chi connectivity index (χ3n) is 2.87. The number of hydrogen-bond donors (Lipinski definition) is 1. The first-order valence-corrected chi connectivity index (χ1v) is 6.93. The number of benzene rings is 1. The third-order valence-corrected chi connectivity index (χ3v) is 3.20. The van der Waals surface area contributed by atoms with Gasteiger partial charge in [0.2, 0.25) is 11.8 Å². The van der Waals surface area contributed by atoms with Crippen molar-refractivity contribution in [3.8, 4) is 0 Å². The van der Waals surface area contributed by atoms with Crippen LogP contribution < -0.4 is 5.32 Å². The molecule has 5 nitrogen and oxygen atoms in total. The molecule has 0 radical (unpaired) electrons. The van der Waals surface area contributed by atoms with E-state index in [4.69, 9.17) is 11.6 Å². The number of nitrogens with one attached hydrogen (secondary N) is 1. The van der Waals surface area contributed by atoms with Gasteiger partial charge in [-0.2, -0.15) is 13.2 Å². The molecule has 0 aliphatic rings. The fourth-order valence-corrected chi connectivity index (χ4v) is 1.92. The van der Waals surface area contributed by atoms with E-state index in [0.717, 1.165) is 12.1 Å². The van der Waals surface area contributed by atoms with Crippen LogP contribution in [0.2, 0.25) is 5.02 Å². The third kappa shape index (κ3) is 6.07. The molecule has 23 heavy (non-hydrogen) atoms. The minimum atomic E-state index is -4.60. The summed E-state index contributed by atoms with van der Waals surface area (Å²) in [5.74, 6) is -0.722. The summed E-state index contributed by atoms with van der Waals surface area (Å²) in [7, 11) is 4.73. The van der Waals surface area contributed by atoms with Crippen molar-refractivity contribution >= 4 is 29.1 Å². The molecule has 0 saturated heterocycles. The van der Waals surface area contributed by atoms with Gasteiger partial charge >= 0.3 is 6.18 Å². The lowest BCUT2D eigenvalue weighted by Gasteiger charge is -2.18. The van der Waals surface area contributed by atoms with Crippen molar-refractivity contribution in [3.63, 3.8) is 0 Å². The van der Waals surface area contributed by atoms with Gasteiger partial charge < -0.3 is 10.2 Å². The Kier molecular flexibility index (Phi) is 6.40. The average Bonchev–Trinajstić information content (AvgIpc) is 2.39. The molecule has 0 aliphatic heterocycles. The van der Waals surface area contributed by atoms with Crippen molar-refractivity contribution in [2.24, 2.45) is 0 Å². The summed E-state index contributed by atoms with van der Waals surface area (Å²) in [4.78, 5) is 26.2. The largest absolute Gasteiger partial charge is 0.417 e. The summed E-state index contributed by atoms with van der Waals surface area (Å²) >= 11 is 5.51. The molecule has 1 aromatic rings. The zero-order valence-electron chi connectivity index (χ0n) is 12.9. The van der Waals surface area contributed by atoms with Crippen molar-refractivity contribution in [1.29, 1.82) is 0 Å². The maximum absolute atomic E-state index is 12.7. The van der Waals surface area contributed by atoms with Gasteiger partial charge in [-0.1, -0.05) is 11.6 Å². The molecule has 128 valence electrons. The minimum absolute atomic E-state index is 0.0148. The van der Waals surface area contributed by atoms with Crippen LogP contribution in [0.3, 0.4) is 0 Å². The summed E-state index contributed by atoms with van der Waals surface area (Å²) in [6.45, 7) is -0.113. The van der Waals surface area contributed by atoms with Gasteiger partial charge in [0.15, 0.2) is 0 Å². The van der Waals surface area contributed by atoms with Gasteiger partial charge in [0.25, 0.3) is 0 Å². The number of hydrogen-bond acceptors (Lipinski definition) is 3. The Morgan fingerprint density at radius 1 is 1.17 bits per heavy atom. The van der Waals surface area contributed by atoms with Crippen LogP contribution in [0.1, 0.15) is 5.56 Å². The number of carbonyl (C=O) groups is 2. The number of rotatable bonds is 5. The second-order valence-corrected chi connectivity index (χ2v) is 5.61. The van der Waals surface area contributed by atoms with Gasteiger partial charge in [-0.05, 0) is 25.2 Å². The highest BCUT2D eigenvalue weighted by atomic mass is 35.5. The van der Waals surface area contributed by atoms with Crippen molar-refractivity contribution in [2.45, 2.75) is 6.18 Å². The molecule has 2 amide bonds. The van der Waals surface area contributed by atoms with Crippen LogP contribution >= 0.6 is 11.6 Å². The first-order chi connectivity index (χ1) is 10.5. The van der Waals surface area contributed by atoms with E-state index < -0.39 is 22.7 Å². The first-order valence-electron chi connectivity index (χ1n) is 6.56. The fourth-order valence-electron chi connectivity index (χ4n) is 1.69. The zero-order chi connectivity index (χ0) is 17.8. The van der Waals surface area contributed by atoms with E-state index in [9.17, 15) is 22.8 Å². The quantitative estimate of drug-likeness (QED) is 0.885. The minimum Gasteiger partial charge on any atom is -0.348 e. The average molecular weight is 352 g/mol. The van der Waals surface area contributed by atoms with Gasteiger partial charge in [-0.15, -0.1) is 0 Å². The molecule has 9 heteroatoms. The van der Waals surface area contributed by atoms with E-state index >= 15 is 0 Å². The number of anilines is 1. The number of halogens is 4. The number of alkyl halides is 3. The van der Waals surface area contributed by atoms with Crippen LogP contribution in [0, 0.1) is 0 Å². The van der Waals surface area contributed by atoms with E-state index in [2.05, 4.69) is 5.32 Å². The highest BCUT2D eigenvalue weighted by molar-refractivity contribution is 6.31. The standard InChI is InChI=1S/C14H17ClF3N3O2/c1-20(2)13(23)8-21(3)7-12(22)19-9-4-5-11(15)10(6-9)14(16,17)18/h4-6H,7-8H2,1-3H3,(H,19,22). The van der Waals surface area contributed by atoms with Crippen molar-refractivity contribution < 1.29 is 22.8 Å². The predicted octanol–water partition coefficient (Wildman–Crippen LogP) is 2.32. The number of nitrogens with zero attached hydrogens (tertiary/aromatic N) is 2. The van der Waals surface area contributed by atoms with E-state index in [1.165, 1.54) is 15.9 Å². The number of carbonyl (C=O) groups excluding carboxylic acids is 2. The molecule has 1 rings (SSSR count). The lowest BCUT2D eigenvalue weighted by molar-refractivity contribution is -0.137. The monoisotopic (exact) mass is 351 g/mol. The second kappa shape index (κ2) is 7.65.